The number of benzene rings is 1. The van der Waals surface area contributed by atoms with Gasteiger partial charge in [0.05, 0.1) is 0 Å². The van der Waals surface area contributed by atoms with Crippen LogP contribution in [0.1, 0.15) is 49.7 Å². The zero-order valence-corrected chi connectivity index (χ0v) is 22.2. The van der Waals surface area contributed by atoms with E-state index >= 15 is 0 Å². The van der Waals surface area contributed by atoms with Crippen LogP contribution in [-0.4, -0.2) is 60.8 Å². The molecule has 3 rings (SSSR count). The Hall–Kier alpha value is -3.44. The van der Waals surface area contributed by atoms with Crippen molar-refractivity contribution in [1.29, 1.82) is 5.26 Å². The summed E-state index contributed by atoms with van der Waals surface area (Å²) in [6.07, 6.45) is 8.34. The molecule has 1 aliphatic heterocycles. The molecule has 2 aliphatic rings. The summed E-state index contributed by atoms with van der Waals surface area (Å²) < 4.78 is 14.9. The van der Waals surface area contributed by atoms with Gasteiger partial charge in [0.15, 0.2) is 5.67 Å². The van der Waals surface area contributed by atoms with Gasteiger partial charge in [0.25, 0.3) is 11.8 Å². The number of alkyl halides is 1. The Morgan fingerprint density at radius 1 is 1.22 bits per heavy atom. The number of nitriles is 1. The number of carbonyl (C=O) groups excluding carboxylic acids is 3. The Bertz CT molecular complexity index is 1200. The molecule has 9 heteroatoms. The van der Waals surface area contributed by atoms with Crippen molar-refractivity contribution in [2.24, 2.45) is 0 Å². The van der Waals surface area contributed by atoms with Gasteiger partial charge in [-0.2, -0.15) is 5.26 Å². The molecule has 1 saturated carbocycles. The summed E-state index contributed by atoms with van der Waals surface area (Å²) in [6.45, 7) is 2.79. The van der Waals surface area contributed by atoms with Gasteiger partial charge in [0.2, 0.25) is 0 Å². The predicted molar refractivity (Wildman–Crippen MR) is 142 cm³/mol. The van der Waals surface area contributed by atoms with Crippen molar-refractivity contribution >= 4 is 41.5 Å². The molecular weight excluding hydrogens is 495 g/mol. The molecule has 1 saturated heterocycles. The molecule has 7 nitrogen and oxygen atoms in total. The zero-order chi connectivity index (χ0) is 27.2. The van der Waals surface area contributed by atoms with Crippen molar-refractivity contribution in [1.82, 2.24) is 9.80 Å². The lowest BCUT2D eigenvalue weighted by atomic mass is 9.96. The molecule has 0 unspecified atom stereocenters. The van der Waals surface area contributed by atoms with Crippen LogP contribution in [0, 0.1) is 18.3 Å². The number of nitrogens with one attached hydrogen (secondary N) is 1. The molecule has 1 aromatic rings. The number of anilines is 1. The van der Waals surface area contributed by atoms with Crippen LogP contribution < -0.4 is 5.32 Å². The van der Waals surface area contributed by atoms with Crippen LogP contribution in [0.25, 0.3) is 6.08 Å². The summed E-state index contributed by atoms with van der Waals surface area (Å²) in [5, 5.41) is 12.5. The molecule has 0 atom stereocenters. The number of nitrogens with zero attached hydrogens (tertiary/aromatic N) is 3. The Labute approximate surface area is 222 Å². The van der Waals surface area contributed by atoms with Gasteiger partial charge in [-0.3, -0.25) is 14.4 Å². The number of piperidine rings is 1. The maximum absolute atomic E-state index is 14.9. The number of carbonyl (C=O) groups is 3. The first-order chi connectivity index (χ1) is 17.6. The van der Waals surface area contributed by atoms with Gasteiger partial charge in [-0.05, 0) is 80.9 Å². The number of hydrogen-bond donors (Lipinski definition) is 1. The minimum atomic E-state index is -1.70. The van der Waals surface area contributed by atoms with E-state index in [-0.39, 0.29) is 17.2 Å². The fraction of sp³-hybridized carbons (Fsp3) is 0.429. The fourth-order valence-electron chi connectivity index (χ4n) is 4.64. The summed E-state index contributed by atoms with van der Waals surface area (Å²) in [4.78, 5) is 39.9. The molecule has 37 heavy (non-hydrogen) atoms. The van der Waals surface area contributed by atoms with Crippen molar-refractivity contribution in [2.75, 3.05) is 32.5 Å². The van der Waals surface area contributed by atoms with Gasteiger partial charge in [-0.1, -0.05) is 23.3 Å². The van der Waals surface area contributed by atoms with Gasteiger partial charge in [0.1, 0.15) is 18.1 Å². The lowest BCUT2D eigenvalue weighted by Gasteiger charge is -2.33. The summed E-state index contributed by atoms with van der Waals surface area (Å²) in [7, 11) is 3.33. The monoisotopic (exact) mass is 526 g/mol. The van der Waals surface area contributed by atoms with Crippen LogP contribution in [0.4, 0.5) is 10.1 Å². The van der Waals surface area contributed by atoms with Crippen LogP contribution >= 0.6 is 11.6 Å². The topological polar surface area (TPSA) is 93.5 Å². The van der Waals surface area contributed by atoms with Crippen LogP contribution in [0.15, 0.2) is 41.1 Å². The second kappa shape index (κ2) is 12.2. The van der Waals surface area contributed by atoms with Crippen molar-refractivity contribution < 1.29 is 18.8 Å². The Balaban J connectivity index is 1.77. The summed E-state index contributed by atoms with van der Waals surface area (Å²) in [6, 6.07) is 5.41. The third-order valence-electron chi connectivity index (χ3n) is 6.89. The van der Waals surface area contributed by atoms with Crippen molar-refractivity contribution in [2.45, 2.75) is 51.1 Å². The predicted octanol–water partition coefficient (Wildman–Crippen LogP) is 4.97. The van der Waals surface area contributed by atoms with Crippen LogP contribution in [-0.2, 0) is 14.4 Å². The quantitative estimate of drug-likeness (QED) is 0.234. The molecule has 1 aromatic carbocycles. The van der Waals surface area contributed by atoms with E-state index in [2.05, 4.69) is 5.32 Å². The second-order valence-electron chi connectivity index (χ2n) is 9.68. The largest absolute Gasteiger partial charge is 0.369 e. The first-order valence-corrected chi connectivity index (χ1v) is 12.7. The summed E-state index contributed by atoms with van der Waals surface area (Å²) in [5.74, 6) is -0.931. The summed E-state index contributed by atoms with van der Waals surface area (Å²) >= 11 is 6.36. The lowest BCUT2D eigenvalue weighted by Crippen LogP contribution is -2.47. The van der Waals surface area contributed by atoms with Gasteiger partial charge < -0.3 is 15.1 Å². The average Bonchev–Trinajstić information content (AvgIpc) is 3.32. The van der Waals surface area contributed by atoms with E-state index in [0.717, 1.165) is 35.6 Å². The highest BCUT2D eigenvalue weighted by molar-refractivity contribution is 6.31. The van der Waals surface area contributed by atoms with Gasteiger partial charge in [-0.15, -0.1) is 0 Å². The molecule has 1 aliphatic carbocycles. The number of allylic oxidation sites excluding steroid dienone is 2. The number of rotatable bonds is 7. The normalized spacial score (nSPS) is 17.7. The number of halogens is 2. The Morgan fingerprint density at radius 3 is 2.43 bits per heavy atom. The second-order valence-corrected chi connectivity index (χ2v) is 10.1. The molecule has 2 amide bonds. The maximum atomic E-state index is 14.9. The highest BCUT2D eigenvalue weighted by Crippen LogP contribution is 2.36. The highest BCUT2D eigenvalue weighted by atomic mass is 35.5. The van der Waals surface area contributed by atoms with E-state index in [1.807, 2.05) is 19.1 Å². The zero-order valence-electron chi connectivity index (χ0n) is 21.4. The van der Waals surface area contributed by atoms with E-state index in [4.69, 9.17) is 11.6 Å². The molecular formula is C28H32ClFN4O3. The first-order valence-electron chi connectivity index (χ1n) is 12.3. The van der Waals surface area contributed by atoms with E-state index in [1.54, 1.807) is 36.0 Å². The van der Waals surface area contributed by atoms with Gasteiger partial charge in [0, 0.05) is 43.5 Å². The van der Waals surface area contributed by atoms with Gasteiger partial charge in [-0.25, -0.2) is 4.39 Å². The SMILES string of the molecule is Cc1c(C=C2CCN(C(=O)C3(F)CCCC3)CC2)cc(Cl)cc1NC(=O)C(/C=C(/C#N)N(C)C)=C/C=O. The maximum Gasteiger partial charge on any atom is 0.260 e. The lowest BCUT2D eigenvalue weighted by molar-refractivity contribution is -0.144. The molecule has 0 spiro atoms. The molecule has 1 N–H and O–H groups in total. The van der Waals surface area contributed by atoms with E-state index < -0.39 is 11.6 Å². The molecule has 2 fully saturated rings. The van der Waals surface area contributed by atoms with Crippen molar-refractivity contribution in [3.05, 3.63) is 57.3 Å². The average molecular weight is 527 g/mol. The highest BCUT2D eigenvalue weighted by Gasteiger charge is 2.44. The van der Waals surface area contributed by atoms with Crippen LogP contribution in [0.5, 0.6) is 0 Å². The fourth-order valence-corrected chi connectivity index (χ4v) is 4.87. The molecule has 0 aromatic heterocycles. The number of aldehydes is 1. The third kappa shape index (κ3) is 6.86. The van der Waals surface area contributed by atoms with E-state index in [0.29, 0.717) is 55.8 Å². The number of likely N-dealkylation sites (tertiary alicyclic amines) is 1. The van der Waals surface area contributed by atoms with Crippen LogP contribution in [0.2, 0.25) is 5.02 Å². The molecule has 1 heterocycles. The van der Waals surface area contributed by atoms with E-state index in [9.17, 15) is 24.0 Å². The van der Waals surface area contributed by atoms with Crippen molar-refractivity contribution in [3.63, 3.8) is 0 Å². The number of amides is 2. The smallest absolute Gasteiger partial charge is 0.260 e. The first kappa shape index (κ1) is 28.1. The standard InChI is InChI=1S/C28H32ClFN4O3/c1-19-22(14-20-6-11-34(12-7-20)27(37)28(30)9-4-5-10-28)15-23(29)17-25(19)32-26(36)21(8-13-35)16-24(18-31)33(2)3/h8,13-17H,4-7,9-12H2,1-3H3,(H,32,36)/b21-8+,24-16-. The summed E-state index contributed by atoms with van der Waals surface area (Å²) in [5.41, 5.74) is 1.73. The van der Waals surface area contributed by atoms with Crippen molar-refractivity contribution in [3.8, 4) is 6.07 Å². The van der Waals surface area contributed by atoms with Gasteiger partial charge >= 0.3 is 0 Å². The van der Waals surface area contributed by atoms with Crippen LogP contribution in [0.3, 0.4) is 0 Å². The molecule has 196 valence electrons. The molecule has 0 bridgehead atoms. The minimum absolute atomic E-state index is 0.0319. The molecule has 0 radical (unpaired) electrons. The Kier molecular flexibility index (Phi) is 9.28. The third-order valence-corrected chi connectivity index (χ3v) is 7.11. The number of hydrogen-bond acceptors (Lipinski definition) is 5. The Morgan fingerprint density at radius 2 is 1.86 bits per heavy atom. The minimum Gasteiger partial charge on any atom is -0.369 e. The van der Waals surface area contributed by atoms with E-state index in [1.165, 1.54) is 6.08 Å².